The summed E-state index contributed by atoms with van der Waals surface area (Å²) in [5.41, 5.74) is 0. The summed E-state index contributed by atoms with van der Waals surface area (Å²) in [5.74, 6) is 0.0766. The first-order valence-corrected chi connectivity index (χ1v) is 7.68. The van der Waals surface area contributed by atoms with Crippen LogP contribution in [0.15, 0.2) is 11.4 Å². The molecule has 74 valence electrons. The highest BCUT2D eigenvalue weighted by Crippen LogP contribution is 2.34. The molecule has 0 fully saturated rings. The molecule has 0 aliphatic rings. The molecule has 0 N–H and O–H groups in total. The molecule has 0 amide bonds. The Hall–Kier alpha value is 0.420. The fraction of sp³-hybridized carbons (Fsp3) is 0.429. The van der Waals surface area contributed by atoms with E-state index < -0.39 is 9.84 Å². The van der Waals surface area contributed by atoms with Crippen molar-refractivity contribution in [3.05, 3.63) is 21.3 Å². The molecular weight excluding hydrogens is 296 g/mol. The molecule has 0 saturated carbocycles. The molecule has 1 atom stereocenters. The molecule has 0 spiro atoms. The fourth-order valence-electron chi connectivity index (χ4n) is 0.870. The van der Waals surface area contributed by atoms with Crippen LogP contribution in [0.25, 0.3) is 0 Å². The Morgan fingerprint density at radius 2 is 2.31 bits per heavy atom. The maximum atomic E-state index is 11.0. The molecule has 1 aromatic heterocycles. The summed E-state index contributed by atoms with van der Waals surface area (Å²) >= 11 is 10.6. The number of rotatable bonds is 3. The Balaban J connectivity index is 2.81. The van der Waals surface area contributed by atoms with Gasteiger partial charge in [0, 0.05) is 11.1 Å². The molecule has 0 aliphatic heterocycles. The lowest BCUT2D eigenvalue weighted by Crippen LogP contribution is -2.07. The van der Waals surface area contributed by atoms with Gasteiger partial charge in [-0.05, 0) is 11.4 Å². The number of hydrogen-bond acceptors (Lipinski definition) is 3. The van der Waals surface area contributed by atoms with Gasteiger partial charge in [-0.15, -0.1) is 11.3 Å². The zero-order valence-corrected chi connectivity index (χ0v) is 10.8. The van der Waals surface area contributed by atoms with E-state index in [1.807, 2.05) is 5.38 Å². The van der Waals surface area contributed by atoms with Gasteiger partial charge >= 0.3 is 0 Å². The predicted octanol–water partition coefficient (Wildman–Crippen LogP) is 2.88. The van der Waals surface area contributed by atoms with Crippen LogP contribution < -0.4 is 0 Å². The van der Waals surface area contributed by atoms with Crippen molar-refractivity contribution < 1.29 is 8.42 Å². The van der Waals surface area contributed by atoms with Crippen LogP contribution in [0.5, 0.6) is 0 Å². The lowest BCUT2D eigenvalue weighted by Gasteiger charge is -2.05. The lowest BCUT2D eigenvalue weighted by molar-refractivity contribution is 0.601. The van der Waals surface area contributed by atoms with Gasteiger partial charge in [-0.2, -0.15) is 0 Å². The largest absolute Gasteiger partial charge is 0.229 e. The number of alkyl halides is 1. The second kappa shape index (κ2) is 4.29. The molecule has 0 saturated heterocycles. The highest BCUT2D eigenvalue weighted by atomic mass is 79.9. The highest BCUT2D eigenvalue weighted by molar-refractivity contribution is 9.09. The molecule has 1 heterocycles. The lowest BCUT2D eigenvalue weighted by atomic mass is 10.4. The third-order valence-electron chi connectivity index (χ3n) is 1.38. The molecule has 0 aromatic carbocycles. The van der Waals surface area contributed by atoms with Crippen molar-refractivity contribution >= 4 is 48.7 Å². The number of thiophene rings is 1. The van der Waals surface area contributed by atoms with Crippen LogP contribution in [0, 0.1) is 0 Å². The third-order valence-corrected chi connectivity index (χ3v) is 5.30. The average Bonchev–Trinajstić information content (AvgIpc) is 2.30. The fourth-order valence-corrected chi connectivity index (χ4v) is 4.98. The molecular formula is C7H8BrClO2S2. The molecule has 1 aromatic rings. The van der Waals surface area contributed by atoms with Gasteiger partial charge in [0.2, 0.25) is 0 Å². The van der Waals surface area contributed by atoms with Gasteiger partial charge < -0.3 is 0 Å². The van der Waals surface area contributed by atoms with E-state index in [-0.39, 0.29) is 10.6 Å². The van der Waals surface area contributed by atoms with Crippen molar-refractivity contribution in [3.8, 4) is 0 Å². The van der Waals surface area contributed by atoms with Gasteiger partial charge in [0.15, 0.2) is 0 Å². The highest BCUT2D eigenvalue weighted by Gasteiger charge is 2.17. The summed E-state index contributed by atoms with van der Waals surface area (Å²) in [6.07, 6.45) is 1.21. The van der Waals surface area contributed by atoms with Crippen LogP contribution >= 0.6 is 38.9 Å². The van der Waals surface area contributed by atoms with E-state index in [0.29, 0.717) is 5.02 Å². The standard InChI is InChI=1S/C7H8BrClO2S2/c1-13(10,11)4-5(8)7-6(9)2-3-12-7/h2-3,5H,4H2,1H3. The second-order valence-electron chi connectivity index (χ2n) is 2.69. The van der Waals surface area contributed by atoms with Crippen LogP contribution in [0.2, 0.25) is 5.02 Å². The van der Waals surface area contributed by atoms with Crippen LogP contribution in [0.1, 0.15) is 9.70 Å². The van der Waals surface area contributed by atoms with Gasteiger partial charge in [0.25, 0.3) is 0 Å². The number of hydrogen-bond donors (Lipinski definition) is 0. The Bertz CT molecular complexity index is 385. The second-order valence-corrected chi connectivity index (χ2v) is 7.34. The molecule has 0 radical (unpaired) electrons. The summed E-state index contributed by atoms with van der Waals surface area (Å²) < 4.78 is 22.0. The monoisotopic (exact) mass is 302 g/mol. The van der Waals surface area contributed by atoms with Crippen LogP contribution in [0.4, 0.5) is 0 Å². The molecule has 1 rings (SSSR count). The van der Waals surface area contributed by atoms with Crippen molar-refractivity contribution in [1.82, 2.24) is 0 Å². The summed E-state index contributed by atoms with van der Waals surface area (Å²) in [5, 5.41) is 2.46. The van der Waals surface area contributed by atoms with Crippen LogP contribution in [0.3, 0.4) is 0 Å². The van der Waals surface area contributed by atoms with Crippen LogP contribution in [-0.2, 0) is 9.84 Å². The van der Waals surface area contributed by atoms with E-state index in [9.17, 15) is 8.42 Å². The Labute approximate surface area is 95.0 Å². The van der Waals surface area contributed by atoms with Crippen molar-refractivity contribution in [3.63, 3.8) is 0 Å². The Morgan fingerprint density at radius 1 is 1.69 bits per heavy atom. The van der Waals surface area contributed by atoms with Crippen molar-refractivity contribution in [2.75, 3.05) is 12.0 Å². The van der Waals surface area contributed by atoms with Gasteiger partial charge in [-0.3, -0.25) is 0 Å². The topological polar surface area (TPSA) is 34.1 Å². The van der Waals surface area contributed by atoms with Gasteiger partial charge in [-0.25, -0.2) is 8.42 Å². The van der Waals surface area contributed by atoms with Gasteiger partial charge in [-0.1, -0.05) is 27.5 Å². The summed E-state index contributed by atoms with van der Waals surface area (Å²) in [7, 11) is -2.97. The first-order chi connectivity index (χ1) is 5.90. The molecule has 0 bridgehead atoms. The Kier molecular flexibility index (Phi) is 3.80. The molecule has 1 unspecified atom stereocenters. The first kappa shape index (κ1) is 11.5. The zero-order chi connectivity index (χ0) is 10.1. The quantitative estimate of drug-likeness (QED) is 0.805. The third kappa shape index (κ3) is 3.58. The van der Waals surface area contributed by atoms with Gasteiger partial charge in [0.05, 0.1) is 15.6 Å². The predicted molar refractivity (Wildman–Crippen MR) is 60.7 cm³/mol. The van der Waals surface area contributed by atoms with E-state index in [1.54, 1.807) is 6.07 Å². The minimum atomic E-state index is -2.97. The van der Waals surface area contributed by atoms with E-state index in [1.165, 1.54) is 17.6 Å². The molecule has 6 heteroatoms. The smallest absolute Gasteiger partial charge is 0.148 e. The van der Waals surface area contributed by atoms with E-state index in [0.717, 1.165) is 4.88 Å². The van der Waals surface area contributed by atoms with Crippen molar-refractivity contribution in [1.29, 1.82) is 0 Å². The van der Waals surface area contributed by atoms with Crippen LogP contribution in [-0.4, -0.2) is 20.4 Å². The maximum Gasteiger partial charge on any atom is 0.148 e. The van der Waals surface area contributed by atoms with Crippen molar-refractivity contribution in [2.45, 2.75) is 4.83 Å². The van der Waals surface area contributed by atoms with E-state index in [4.69, 9.17) is 11.6 Å². The number of sulfone groups is 1. The number of halogens is 2. The van der Waals surface area contributed by atoms with E-state index in [2.05, 4.69) is 15.9 Å². The molecule has 0 aliphatic carbocycles. The zero-order valence-electron chi connectivity index (χ0n) is 6.83. The SMILES string of the molecule is CS(=O)(=O)CC(Br)c1sccc1Cl. The summed E-state index contributed by atoms with van der Waals surface area (Å²) in [4.78, 5) is 0.669. The minimum Gasteiger partial charge on any atom is -0.229 e. The maximum absolute atomic E-state index is 11.0. The first-order valence-electron chi connectivity index (χ1n) is 3.45. The molecule has 13 heavy (non-hydrogen) atoms. The molecule has 2 nitrogen and oxygen atoms in total. The normalized spacial score (nSPS) is 14.4. The Morgan fingerprint density at radius 3 is 2.69 bits per heavy atom. The summed E-state index contributed by atoms with van der Waals surface area (Å²) in [6.45, 7) is 0. The van der Waals surface area contributed by atoms with E-state index >= 15 is 0 Å². The van der Waals surface area contributed by atoms with Gasteiger partial charge in [0.1, 0.15) is 9.84 Å². The summed E-state index contributed by atoms with van der Waals surface area (Å²) in [6, 6.07) is 1.76. The average molecular weight is 304 g/mol. The van der Waals surface area contributed by atoms with Crippen molar-refractivity contribution in [2.24, 2.45) is 0 Å². The minimum absolute atomic E-state index is 0.0766.